The molecule has 0 aromatic heterocycles. The molecule has 0 saturated carbocycles. The average Bonchev–Trinajstić information content (AvgIpc) is 3.10. The molecule has 2 saturated heterocycles. The normalized spacial score (nSPS) is 24.3. The summed E-state index contributed by atoms with van der Waals surface area (Å²) in [4.78, 5) is 10.0. The zero-order valence-electron chi connectivity index (χ0n) is 19.1. The lowest BCUT2D eigenvalue weighted by molar-refractivity contribution is 0.121. The quantitative estimate of drug-likeness (QED) is 0.480. The van der Waals surface area contributed by atoms with Crippen LogP contribution in [0.2, 0.25) is 0 Å². The first-order valence-corrected chi connectivity index (χ1v) is 11.7. The monoisotopic (exact) mass is 415 g/mol. The van der Waals surface area contributed by atoms with Crippen LogP contribution in [0.1, 0.15) is 38.7 Å². The maximum Gasteiger partial charge on any atom is 0.191 e. The van der Waals surface area contributed by atoms with Crippen LogP contribution >= 0.6 is 0 Å². The van der Waals surface area contributed by atoms with Gasteiger partial charge in [0, 0.05) is 51.9 Å². The van der Waals surface area contributed by atoms with Gasteiger partial charge in [0.05, 0.1) is 6.61 Å². The second-order valence-corrected chi connectivity index (χ2v) is 8.84. The molecular formula is C24H41N5O. The van der Waals surface area contributed by atoms with E-state index in [4.69, 9.17) is 9.73 Å². The molecule has 2 aliphatic rings. The Morgan fingerprint density at radius 3 is 2.67 bits per heavy atom. The van der Waals surface area contributed by atoms with Crippen molar-refractivity contribution in [1.82, 2.24) is 20.4 Å². The maximum absolute atomic E-state index is 5.21. The summed E-state index contributed by atoms with van der Waals surface area (Å²) >= 11 is 0. The van der Waals surface area contributed by atoms with Gasteiger partial charge in [-0.05, 0) is 57.7 Å². The fourth-order valence-electron chi connectivity index (χ4n) is 4.59. The third-order valence-electron chi connectivity index (χ3n) is 6.44. The molecule has 0 aliphatic carbocycles. The maximum atomic E-state index is 5.21. The van der Waals surface area contributed by atoms with Crippen LogP contribution in [0.5, 0.6) is 0 Å². The molecule has 6 nitrogen and oxygen atoms in total. The number of methoxy groups -OCH3 is 1. The van der Waals surface area contributed by atoms with E-state index in [-0.39, 0.29) is 0 Å². The smallest absolute Gasteiger partial charge is 0.191 e. The molecule has 2 atom stereocenters. The van der Waals surface area contributed by atoms with Crippen LogP contribution in [-0.2, 0) is 11.3 Å². The number of hydrogen-bond acceptors (Lipinski definition) is 4. The predicted octanol–water partition coefficient (Wildman–Crippen LogP) is 2.56. The largest absolute Gasteiger partial charge is 0.383 e. The molecule has 30 heavy (non-hydrogen) atoms. The highest BCUT2D eigenvalue weighted by atomic mass is 16.5. The third-order valence-corrected chi connectivity index (χ3v) is 6.44. The number of nitrogens with zero attached hydrogens (tertiary/aromatic N) is 3. The van der Waals surface area contributed by atoms with Crippen LogP contribution < -0.4 is 10.6 Å². The highest BCUT2D eigenvalue weighted by Gasteiger charge is 2.29. The Bertz CT molecular complexity index is 630. The Balaban J connectivity index is 1.46. The van der Waals surface area contributed by atoms with Crippen molar-refractivity contribution in [3.8, 4) is 0 Å². The number of nitrogens with one attached hydrogen (secondary N) is 2. The number of piperidine rings is 1. The van der Waals surface area contributed by atoms with E-state index in [1.54, 1.807) is 7.11 Å². The van der Waals surface area contributed by atoms with Gasteiger partial charge in [-0.3, -0.25) is 9.89 Å². The molecule has 2 heterocycles. The van der Waals surface area contributed by atoms with Crippen molar-refractivity contribution >= 4 is 5.96 Å². The highest BCUT2D eigenvalue weighted by molar-refractivity contribution is 5.80. The van der Waals surface area contributed by atoms with Crippen molar-refractivity contribution in [1.29, 1.82) is 0 Å². The van der Waals surface area contributed by atoms with Crippen molar-refractivity contribution < 1.29 is 4.74 Å². The van der Waals surface area contributed by atoms with Crippen LogP contribution in [0, 0.1) is 5.92 Å². The number of benzene rings is 1. The van der Waals surface area contributed by atoms with E-state index in [0.717, 1.165) is 51.7 Å². The second-order valence-electron chi connectivity index (χ2n) is 8.84. The van der Waals surface area contributed by atoms with Gasteiger partial charge < -0.3 is 20.3 Å². The van der Waals surface area contributed by atoms with Gasteiger partial charge in [0.15, 0.2) is 5.96 Å². The Morgan fingerprint density at radius 1 is 1.20 bits per heavy atom. The van der Waals surface area contributed by atoms with Crippen LogP contribution in [0.4, 0.5) is 0 Å². The highest BCUT2D eigenvalue weighted by Crippen LogP contribution is 2.20. The summed E-state index contributed by atoms with van der Waals surface area (Å²) in [7, 11) is 1.78. The summed E-state index contributed by atoms with van der Waals surface area (Å²) in [6.45, 7) is 12.6. The molecule has 3 rings (SSSR count). The summed E-state index contributed by atoms with van der Waals surface area (Å²) in [6.07, 6.45) is 3.63. The lowest BCUT2D eigenvalue weighted by Crippen LogP contribution is -2.45. The fourth-order valence-corrected chi connectivity index (χ4v) is 4.59. The molecule has 0 amide bonds. The van der Waals surface area contributed by atoms with Gasteiger partial charge in [0.1, 0.15) is 0 Å². The van der Waals surface area contributed by atoms with Crippen molar-refractivity contribution in [2.75, 3.05) is 53.0 Å². The molecule has 0 bridgehead atoms. The summed E-state index contributed by atoms with van der Waals surface area (Å²) in [6, 6.07) is 11.8. The Hall–Kier alpha value is -1.63. The lowest BCUT2D eigenvalue weighted by atomic mass is 9.97. The minimum Gasteiger partial charge on any atom is -0.383 e. The Labute approximate surface area is 183 Å². The van der Waals surface area contributed by atoms with Crippen molar-refractivity contribution in [3.63, 3.8) is 0 Å². The zero-order valence-corrected chi connectivity index (χ0v) is 19.1. The molecule has 2 unspecified atom stereocenters. The number of hydrogen-bond donors (Lipinski definition) is 2. The molecule has 1 aromatic carbocycles. The SMILES string of the molecule is CCNC(=NCC1CCN(CCOC)CC1)NC1CC(C)N(Cc2ccccc2)C1. The summed E-state index contributed by atoms with van der Waals surface area (Å²) in [5.41, 5.74) is 1.39. The zero-order chi connectivity index (χ0) is 21.2. The van der Waals surface area contributed by atoms with Gasteiger partial charge in [-0.1, -0.05) is 30.3 Å². The van der Waals surface area contributed by atoms with Crippen LogP contribution in [0.3, 0.4) is 0 Å². The summed E-state index contributed by atoms with van der Waals surface area (Å²) < 4.78 is 5.21. The molecule has 2 aliphatic heterocycles. The summed E-state index contributed by atoms with van der Waals surface area (Å²) in [5, 5.41) is 7.17. The molecule has 2 N–H and O–H groups in total. The Morgan fingerprint density at radius 2 is 1.97 bits per heavy atom. The first-order chi connectivity index (χ1) is 14.7. The number of likely N-dealkylation sites (tertiary alicyclic amines) is 2. The fraction of sp³-hybridized carbons (Fsp3) is 0.708. The molecule has 2 fully saturated rings. The van der Waals surface area contributed by atoms with E-state index in [0.29, 0.717) is 18.0 Å². The van der Waals surface area contributed by atoms with Crippen LogP contribution in [-0.4, -0.2) is 80.8 Å². The van der Waals surface area contributed by atoms with Gasteiger partial charge >= 0.3 is 0 Å². The first-order valence-electron chi connectivity index (χ1n) is 11.7. The molecule has 6 heteroatoms. The number of aliphatic imine (C=N–C) groups is 1. The standard InChI is InChI=1S/C24H41N5O/c1-4-25-24(26-17-21-10-12-28(13-11-21)14-15-30-3)27-23-16-20(2)29(19-23)18-22-8-6-5-7-9-22/h5-9,20-21,23H,4,10-19H2,1-3H3,(H2,25,26,27). The predicted molar refractivity (Wildman–Crippen MR) is 125 cm³/mol. The molecule has 168 valence electrons. The lowest BCUT2D eigenvalue weighted by Gasteiger charge is -2.31. The number of guanidine groups is 1. The topological polar surface area (TPSA) is 52.1 Å². The van der Waals surface area contributed by atoms with Crippen molar-refractivity contribution in [2.24, 2.45) is 10.9 Å². The third kappa shape index (κ3) is 7.25. The van der Waals surface area contributed by atoms with Gasteiger partial charge in [-0.2, -0.15) is 0 Å². The molecule has 0 spiro atoms. The van der Waals surface area contributed by atoms with E-state index in [9.17, 15) is 0 Å². The number of ether oxygens (including phenoxy) is 1. The minimum atomic E-state index is 0.456. The van der Waals surface area contributed by atoms with E-state index in [1.807, 2.05) is 0 Å². The Kier molecular flexibility index (Phi) is 9.43. The van der Waals surface area contributed by atoms with E-state index in [2.05, 4.69) is 64.6 Å². The van der Waals surface area contributed by atoms with Gasteiger partial charge in [0.2, 0.25) is 0 Å². The number of rotatable bonds is 9. The first kappa shape index (κ1) is 23.0. The minimum absolute atomic E-state index is 0.456. The van der Waals surface area contributed by atoms with Crippen molar-refractivity contribution in [2.45, 2.75) is 51.7 Å². The van der Waals surface area contributed by atoms with Crippen LogP contribution in [0.25, 0.3) is 0 Å². The molecular weight excluding hydrogens is 374 g/mol. The van der Waals surface area contributed by atoms with Gasteiger partial charge in [0.25, 0.3) is 0 Å². The molecule has 1 aromatic rings. The van der Waals surface area contributed by atoms with Crippen LogP contribution in [0.15, 0.2) is 35.3 Å². The van der Waals surface area contributed by atoms with E-state index < -0.39 is 0 Å². The van der Waals surface area contributed by atoms with E-state index in [1.165, 1.54) is 31.5 Å². The van der Waals surface area contributed by atoms with E-state index >= 15 is 0 Å². The average molecular weight is 416 g/mol. The molecule has 0 radical (unpaired) electrons. The van der Waals surface area contributed by atoms with Gasteiger partial charge in [-0.15, -0.1) is 0 Å². The second kappa shape index (κ2) is 12.3. The van der Waals surface area contributed by atoms with Gasteiger partial charge in [-0.25, -0.2) is 0 Å². The van der Waals surface area contributed by atoms with Crippen molar-refractivity contribution in [3.05, 3.63) is 35.9 Å². The summed E-state index contributed by atoms with van der Waals surface area (Å²) in [5.74, 6) is 1.68.